The summed E-state index contributed by atoms with van der Waals surface area (Å²) in [5.41, 5.74) is -0.182. The van der Waals surface area contributed by atoms with Gasteiger partial charge in [0.1, 0.15) is 0 Å². The molecule has 2 heterocycles. The predicted molar refractivity (Wildman–Crippen MR) is 73.8 cm³/mol. The molecule has 1 aliphatic heterocycles. The number of rotatable bonds is 3. The Hall–Kier alpha value is -0.870. The second-order valence-corrected chi connectivity index (χ2v) is 6.55. The lowest BCUT2D eigenvalue weighted by molar-refractivity contribution is -0.152. The number of hydrogen-bond acceptors (Lipinski definition) is 3. The van der Waals surface area contributed by atoms with Gasteiger partial charge in [0.15, 0.2) is 0 Å². The van der Waals surface area contributed by atoms with E-state index in [1.165, 1.54) is 4.88 Å². The van der Waals surface area contributed by atoms with Crippen LogP contribution in [0.1, 0.15) is 32.1 Å². The van der Waals surface area contributed by atoms with E-state index in [0.717, 1.165) is 6.42 Å². The molecule has 1 unspecified atom stereocenters. The maximum absolute atomic E-state index is 12.3. The summed E-state index contributed by atoms with van der Waals surface area (Å²) in [5, 5.41) is 2.06. The third-order valence-electron chi connectivity index (χ3n) is 3.36. The maximum Gasteiger partial charge on any atom is 0.223 e. The molecule has 1 aromatic heterocycles. The van der Waals surface area contributed by atoms with Crippen molar-refractivity contribution >= 4 is 17.2 Å². The number of morpholine rings is 1. The van der Waals surface area contributed by atoms with E-state index in [9.17, 15) is 4.79 Å². The molecule has 1 amide bonds. The van der Waals surface area contributed by atoms with Gasteiger partial charge in [0.2, 0.25) is 5.91 Å². The SMILES string of the molecule is CC1CN(C(=O)CCc2cccs2)C(C)(C)CO1. The van der Waals surface area contributed by atoms with E-state index in [-0.39, 0.29) is 17.6 Å². The van der Waals surface area contributed by atoms with Gasteiger partial charge < -0.3 is 9.64 Å². The van der Waals surface area contributed by atoms with Crippen LogP contribution in [0.15, 0.2) is 17.5 Å². The average Bonchev–Trinajstić information content (AvgIpc) is 2.82. The first-order valence-electron chi connectivity index (χ1n) is 6.43. The van der Waals surface area contributed by atoms with Crippen molar-refractivity contribution in [2.75, 3.05) is 13.2 Å². The lowest BCUT2D eigenvalue weighted by atomic mass is 10.00. The number of nitrogens with zero attached hydrogens (tertiary/aromatic N) is 1. The van der Waals surface area contributed by atoms with Crippen LogP contribution in [0.2, 0.25) is 0 Å². The van der Waals surface area contributed by atoms with Crippen molar-refractivity contribution in [1.82, 2.24) is 4.90 Å². The molecule has 0 saturated carbocycles. The van der Waals surface area contributed by atoms with Crippen molar-refractivity contribution in [2.45, 2.75) is 45.3 Å². The van der Waals surface area contributed by atoms with Gasteiger partial charge in [-0.1, -0.05) is 6.07 Å². The topological polar surface area (TPSA) is 29.5 Å². The van der Waals surface area contributed by atoms with E-state index in [0.29, 0.717) is 19.6 Å². The molecule has 0 aromatic carbocycles. The van der Waals surface area contributed by atoms with Crippen LogP contribution < -0.4 is 0 Å². The quantitative estimate of drug-likeness (QED) is 0.842. The van der Waals surface area contributed by atoms with Crippen LogP contribution in [-0.4, -0.2) is 35.6 Å². The Labute approximate surface area is 113 Å². The predicted octanol–water partition coefficient (Wildman–Crippen LogP) is 2.71. The summed E-state index contributed by atoms with van der Waals surface area (Å²) in [6.07, 6.45) is 1.58. The van der Waals surface area contributed by atoms with Crippen LogP contribution in [0.5, 0.6) is 0 Å². The first-order chi connectivity index (χ1) is 8.49. The zero-order valence-electron chi connectivity index (χ0n) is 11.3. The minimum absolute atomic E-state index is 0.142. The van der Waals surface area contributed by atoms with Crippen LogP contribution in [0.25, 0.3) is 0 Å². The number of thiophene rings is 1. The van der Waals surface area contributed by atoms with Gasteiger partial charge in [-0.05, 0) is 38.6 Å². The number of amides is 1. The number of ether oxygens (including phenoxy) is 1. The Kier molecular flexibility index (Phi) is 4.07. The van der Waals surface area contributed by atoms with Crippen LogP contribution in [0, 0.1) is 0 Å². The molecule has 1 aliphatic rings. The van der Waals surface area contributed by atoms with Gasteiger partial charge in [-0.2, -0.15) is 0 Å². The number of carbonyl (C=O) groups is 1. The first kappa shape index (κ1) is 13.6. The molecule has 18 heavy (non-hydrogen) atoms. The van der Waals surface area contributed by atoms with E-state index in [1.807, 2.05) is 17.9 Å². The smallest absolute Gasteiger partial charge is 0.223 e. The summed E-state index contributed by atoms with van der Waals surface area (Å²) >= 11 is 1.72. The fourth-order valence-electron chi connectivity index (χ4n) is 2.24. The average molecular weight is 267 g/mol. The molecule has 1 aromatic rings. The summed E-state index contributed by atoms with van der Waals surface area (Å²) in [5.74, 6) is 0.239. The van der Waals surface area contributed by atoms with Gasteiger partial charge in [-0.3, -0.25) is 4.79 Å². The van der Waals surface area contributed by atoms with Gasteiger partial charge in [0.25, 0.3) is 0 Å². The van der Waals surface area contributed by atoms with E-state index in [4.69, 9.17) is 4.74 Å². The van der Waals surface area contributed by atoms with E-state index in [2.05, 4.69) is 25.3 Å². The molecule has 3 nitrogen and oxygen atoms in total. The highest BCUT2D eigenvalue weighted by Crippen LogP contribution is 2.23. The third-order valence-corrected chi connectivity index (χ3v) is 4.29. The maximum atomic E-state index is 12.3. The molecular formula is C14H21NO2S. The lowest BCUT2D eigenvalue weighted by Gasteiger charge is -2.44. The molecule has 0 aliphatic carbocycles. The zero-order chi connectivity index (χ0) is 13.2. The number of hydrogen-bond donors (Lipinski definition) is 0. The Morgan fingerprint density at radius 1 is 1.61 bits per heavy atom. The minimum atomic E-state index is -0.182. The monoisotopic (exact) mass is 267 g/mol. The second kappa shape index (κ2) is 5.41. The van der Waals surface area contributed by atoms with Crippen molar-refractivity contribution in [3.8, 4) is 0 Å². The van der Waals surface area contributed by atoms with Gasteiger partial charge in [0, 0.05) is 17.8 Å². The van der Waals surface area contributed by atoms with Crippen LogP contribution >= 0.6 is 11.3 Å². The van der Waals surface area contributed by atoms with Gasteiger partial charge in [0.05, 0.1) is 18.2 Å². The molecule has 4 heteroatoms. The highest BCUT2D eigenvalue weighted by atomic mass is 32.1. The summed E-state index contributed by atoms with van der Waals surface area (Å²) in [4.78, 5) is 15.6. The fraction of sp³-hybridized carbons (Fsp3) is 0.643. The zero-order valence-corrected chi connectivity index (χ0v) is 12.1. The van der Waals surface area contributed by atoms with Gasteiger partial charge in [-0.15, -0.1) is 11.3 Å². The molecule has 1 fully saturated rings. The molecule has 1 saturated heterocycles. The summed E-state index contributed by atoms with van der Waals surface area (Å²) < 4.78 is 5.63. The van der Waals surface area contributed by atoms with Crippen molar-refractivity contribution in [3.63, 3.8) is 0 Å². The highest BCUT2D eigenvalue weighted by molar-refractivity contribution is 7.09. The van der Waals surface area contributed by atoms with Gasteiger partial charge in [-0.25, -0.2) is 0 Å². The first-order valence-corrected chi connectivity index (χ1v) is 7.31. The summed E-state index contributed by atoms with van der Waals surface area (Å²) in [7, 11) is 0. The second-order valence-electron chi connectivity index (χ2n) is 5.52. The van der Waals surface area contributed by atoms with Crippen LogP contribution in [0.4, 0.5) is 0 Å². The molecular weight excluding hydrogens is 246 g/mol. The molecule has 0 spiro atoms. The fourth-order valence-corrected chi connectivity index (χ4v) is 2.95. The molecule has 0 radical (unpaired) electrons. The molecule has 100 valence electrons. The Bertz CT molecular complexity index is 400. The van der Waals surface area contributed by atoms with Crippen molar-refractivity contribution in [2.24, 2.45) is 0 Å². The Balaban J connectivity index is 1.94. The Morgan fingerprint density at radius 2 is 2.39 bits per heavy atom. The molecule has 2 rings (SSSR count). The van der Waals surface area contributed by atoms with Gasteiger partial charge >= 0.3 is 0 Å². The lowest BCUT2D eigenvalue weighted by Crippen LogP contribution is -2.57. The molecule has 1 atom stereocenters. The van der Waals surface area contributed by atoms with E-state index >= 15 is 0 Å². The largest absolute Gasteiger partial charge is 0.374 e. The van der Waals surface area contributed by atoms with Crippen LogP contribution in [-0.2, 0) is 16.0 Å². The van der Waals surface area contributed by atoms with Crippen molar-refractivity contribution in [1.29, 1.82) is 0 Å². The minimum Gasteiger partial charge on any atom is -0.374 e. The van der Waals surface area contributed by atoms with Crippen LogP contribution in [0.3, 0.4) is 0 Å². The highest BCUT2D eigenvalue weighted by Gasteiger charge is 2.36. The number of carbonyl (C=O) groups excluding carboxylic acids is 1. The van der Waals surface area contributed by atoms with Crippen molar-refractivity contribution < 1.29 is 9.53 Å². The molecule has 0 bridgehead atoms. The Morgan fingerprint density at radius 3 is 3.06 bits per heavy atom. The van der Waals surface area contributed by atoms with E-state index in [1.54, 1.807) is 11.3 Å². The summed E-state index contributed by atoms with van der Waals surface area (Å²) in [6.45, 7) is 7.49. The van der Waals surface area contributed by atoms with Crippen molar-refractivity contribution in [3.05, 3.63) is 22.4 Å². The van der Waals surface area contributed by atoms with E-state index < -0.39 is 0 Å². The third kappa shape index (κ3) is 3.12. The normalized spacial score (nSPS) is 23.1. The number of aryl methyl sites for hydroxylation is 1. The standard InChI is InChI=1S/C14H21NO2S/c1-11-9-15(14(2,3)10-17-11)13(16)7-6-12-5-4-8-18-12/h4-5,8,11H,6-7,9-10H2,1-3H3. The summed E-state index contributed by atoms with van der Waals surface area (Å²) in [6, 6.07) is 4.12. The molecule has 0 N–H and O–H groups in total.